The minimum Gasteiger partial charge on any atom is -0.482 e. The number of hydrogen-bond donors (Lipinski definition) is 1. The fraction of sp³-hybridized carbons (Fsp3) is 0.357. The van der Waals surface area contributed by atoms with Gasteiger partial charge in [-0.1, -0.05) is 59.5 Å². The van der Waals surface area contributed by atoms with E-state index in [1.807, 2.05) is 0 Å². The quantitative estimate of drug-likeness (QED) is 0.681. The van der Waals surface area contributed by atoms with Gasteiger partial charge in [0.05, 0.1) is 15.1 Å². The van der Waals surface area contributed by atoms with Crippen LogP contribution in [0.1, 0.15) is 24.8 Å². The van der Waals surface area contributed by atoms with E-state index in [0.717, 1.165) is 24.3 Å². The summed E-state index contributed by atoms with van der Waals surface area (Å²) >= 11 is 19.0. The second kappa shape index (κ2) is 8.68. The average molecular weight is 395 g/mol. The number of amides is 1. The van der Waals surface area contributed by atoms with Crippen LogP contribution in [0.15, 0.2) is 12.1 Å². The lowest BCUT2D eigenvalue weighted by Gasteiger charge is -2.08. The van der Waals surface area contributed by atoms with Crippen LogP contribution in [0, 0.1) is 0 Å². The van der Waals surface area contributed by atoms with Crippen molar-refractivity contribution in [2.45, 2.75) is 26.2 Å². The highest BCUT2D eigenvalue weighted by Crippen LogP contribution is 2.33. The predicted octanol–water partition coefficient (Wildman–Crippen LogP) is 4.86. The van der Waals surface area contributed by atoms with E-state index >= 15 is 0 Å². The number of nitrogens with one attached hydrogen (secondary N) is 1. The molecule has 2 aromatic rings. The van der Waals surface area contributed by atoms with E-state index < -0.39 is 0 Å². The molecule has 0 fully saturated rings. The van der Waals surface area contributed by atoms with E-state index in [9.17, 15) is 4.79 Å². The smallest absolute Gasteiger partial charge is 0.264 e. The highest BCUT2D eigenvalue weighted by molar-refractivity contribution is 7.15. The highest BCUT2D eigenvalue weighted by Gasteiger charge is 2.11. The predicted molar refractivity (Wildman–Crippen MR) is 94.1 cm³/mol. The van der Waals surface area contributed by atoms with E-state index in [-0.39, 0.29) is 23.3 Å². The van der Waals surface area contributed by atoms with Crippen molar-refractivity contribution in [3.8, 4) is 5.75 Å². The number of carbonyl (C=O) groups excluding carboxylic acids is 1. The molecule has 0 aliphatic carbocycles. The number of ether oxygens (including phenoxy) is 1. The molecular weight excluding hydrogens is 381 g/mol. The maximum atomic E-state index is 11.9. The van der Waals surface area contributed by atoms with Gasteiger partial charge < -0.3 is 4.74 Å². The lowest BCUT2D eigenvalue weighted by atomic mass is 10.3. The molecule has 0 aliphatic heterocycles. The number of benzene rings is 1. The zero-order valence-corrected chi connectivity index (χ0v) is 15.3. The SMILES string of the molecule is CCCCc1nnc(NC(=O)COc2cc(Cl)c(Cl)cc2Cl)s1. The first-order valence-electron chi connectivity index (χ1n) is 6.89. The van der Waals surface area contributed by atoms with Gasteiger partial charge in [-0.25, -0.2) is 0 Å². The molecule has 124 valence electrons. The Kier molecular flexibility index (Phi) is 6.89. The second-order valence-electron chi connectivity index (χ2n) is 4.64. The summed E-state index contributed by atoms with van der Waals surface area (Å²) in [5.74, 6) is -0.0672. The Hall–Kier alpha value is -1.08. The Morgan fingerprint density at radius 1 is 1.22 bits per heavy atom. The highest BCUT2D eigenvalue weighted by atomic mass is 35.5. The minimum absolute atomic E-state index is 0.221. The number of unbranched alkanes of at least 4 members (excludes halogenated alkanes) is 1. The number of nitrogens with zero attached hydrogens (tertiary/aromatic N) is 2. The van der Waals surface area contributed by atoms with Gasteiger partial charge in [-0.15, -0.1) is 10.2 Å². The van der Waals surface area contributed by atoms with Crippen LogP contribution in [0.5, 0.6) is 5.75 Å². The van der Waals surface area contributed by atoms with Gasteiger partial charge in [-0.2, -0.15) is 0 Å². The molecule has 0 saturated heterocycles. The first-order chi connectivity index (χ1) is 11.0. The zero-order valence-electron chi connectivity index (χ0n) is 12.2. The Morgan fingerprint density at radius 2 is 1.96 bits per heavy atom. The Bertz CT molecular complexity index is 694. The van der Waals surface area contributed by atoms with E-state index in [2.05, 4.69) is 22.4 Å². The fourth-order valence-corrected chi connectivity index (χ4v) is 3.04. The molecule has 23 heavy (non-hydrogen) atoms. The van der Waals surface area contributed by atoms with Crippen molar-refractivity contribution in [3.05, 3.63) is 32.2 Å². The molecule has 1 aromatic heterocycles. The number of aromatic nitrogens is 2. The largest absolute Gasteiger partial charge is 0.482 e. The number of aryl methyl sites for hydroxylation is 1. The molecule has 1 heterocycles. The van der Waals surface area contributed by atoms with Crippen LogP contribution >= 0.6 is 46.1 Å². The monoisotopic (exact) mass is 393 g/mol. The fourth-order valence-electron chi connectivity index (χ4n) is 1.65. The summed E-state index contributed by atoms with van der Waals surface area (Å²) in [6.45, 7) is 1.89. The second-order valence-corrected chi connectivity index (χ2v) is 6.92. The summed E-state index contributed by atoms with van der Waals surface area (Å²) in [7, 11) is 0. The van der Waals surface area contributed by atoms with E-state index in [4.69, 9.17) is 39.5 Å². The van der Waals surface area contributed by atoms with E-state index in [1.165, 1.54) is 23.5 Å². The van der Waals surface area contributed by atoms with Crippen LogP contribution < -0.4 is 10.1 Å². The Morgan fingerprint density at radius 3 is 2.70 bits per heavy atom. The van der Waals surface area contributed by atoms with Gasteiger partial charge in [-0.3, -0.25) is 10.1 Å². The topological polar surface area (TPSA) is 64.1 Å². The van der Waals surface area contributed by atoms with E-state index in [1.54, 1.807) is 0 Å². The molecule has 0 unspecified atom stereocenters. The zero-order chi connectivity index (χ0) is 16.8. The van der Waals surface area contributed by atoms with E-state index in [0.29, 0.717) is 15.2 Å². The van der Waals surface area contributed by atoms with Gasteiger partial charge in [0.1, 0.15) is 10.8 Å². The van der Waals surface area contributed by atoms with Crippen LogP contribution in [-0.2, 0) is 11.2 Å². The summed E-state index contributed by atoms with van der Waals surface area (Å²) in [5.41, 5.74) is 0. The van der Waals surface area contributed by atoms with Crippen LogP contribution in [0.25, 0.3) is 0 Å². The normalized spacial score (nSPS) is 10.6. The molecule has 5 nitrogen and oxygen atoms in total. The van der Waals surface area contributed by atoms with Gasteiger partial charge in [0.15, 0.2) is 6.61 Å². The van der Waals surface area contributed by atoms with Crippen molar-refractivity contribution >= 4 is 57.2 Å². The molecule has 1 aromatic carbocycles. The molecular formula is C14H14Cl3N3O2S. The third-order valence-electron chi connectivity index (χ3n) is 2.79. The van der Waals surface area contributed by atoms with Gasteiger partial charge in [0.25, 0.3) is 5.91 Å². The van der Waals surface area contributed by atoms with Crippen molar-refractivity contribution in [1.82, 2.24) is 10.2 Å². The molecule has 0 atom stereocenters. The van der Waals surface area contributed by atoms with Crippen molar-refractivity contribution in [3.63, 3.8) is 0 Å². The first kappa shape index (κ1) is 18.3. The molecule has 0 saturated carbocycles. The lowest BCUT2D eigenvalue weighted by molar-refractivity contribution is -0.118. The maximum absolute atomic E-state index is 11.9. The van der Waals surface area contributed by atoms with Gasteiger partial charge in [0.2, 0.25) is 5.13 Å². The lowest BCUT2D eigenvalue weighted by Crippen LogP contribution is -2.20. The molecule has 0 spiro atoms. The number of halogens is 3. The summed E-state index contributed by atoms with van der Waals surface area (Å²) < 4.78 is 5.35. The molecule has 0 aliphatic rings. The molecule has 9 heteroatoms. The minimum atomic E-state index is -0.356. The number of hydrogen-bond acceptors (Lipinski definition) is 5. The maximum Gasteiger partial charge on any atom is 0.264 e. The van der Waals surface area contributed by atoms with Crippen molar-refractivity contribution < 1.29 is 9.53 Å². The summed E-state index contributed by atoms with van der Waals surface area (Å²) in [6, 6.07) is 2.93. The van der Waals surface area contributed by atoms with Crippen LogP contribution in [-0.4, -0.2) is 22.7 Å². The van der Waals surface area contributed by atoms with Crippen molar-refractivity contribution in [1.29, 1.82) is 0 Å². The molecule has 1 amide bonds. The van der Waals surface area contributed by atoms with Gasteiger partial charge in [0, 0.05) is 12.5 Å². The molecule has 1 N–H and O–H groups in total. The Labute approximate surface area is 152 Å². The standard InChI is InChI=1S/C14H14Cl3N3O2S/c1-2-3-4-13-19-20-14(23-13)18-12(21)7-22-11-6-9(16)8(15)5-10(11)17/h5-6H,2-4,7H2,1H3,(H,18,20,21). The van der Waals surface area contributed by atoms with Gasteiger partial charge >= 0.3 is 0 Å². The Balaban J connectivity index is 1.88. The summed E-state index contributed by atoms with van der Waals surface area (Å²) in [5, 5.41) is 12.8. The van der Waals surface area contributed by atoms with Crippen molar-refractivity contribution in [2.75, 3.05) is 11.9 Å². The number of anilines is 1. The molecule has 0 bridgehead atoms. The molecule has 0 radical (unpaired) electrons. The van der Waals surface area contributed by atoms with Gasteiger partial charge in [-0.05, 0) is 12.5 Å². The third-order valence-corrected chi connectivity index (χ3v) is 4.71. The number of rotatable bonds is 7. The van der Waals surface area contributed by atoms with Crippen molar-refractivity contribution in [2.24, 2.45) is 0 Å². The first-order valence-corrected chi connectivity index (χ1v) is 8.84. The number of carbonyl (C=O) groups is 1. The summed E-state index contributed by atoms with van der Waals surface area (Å²) in [4.78, 5) is 11.9. The van der Waals surface area contributed by atoms with Crippen LogP contribution in [0.4, 0.5) is 5.13 Å². The average Bonchev–Trinajstić information content (AvgIpc) is 2.95. The third kappa shape index (κ3) is 5.49. The summed E-state index contributed by atoms with van der Waals surface area (Å²) in [6.07, 6.45) is 2.99. The van der Waals surface area contributed by atoms with Crippen LogP contribution in [0.3, 0.4) is 0 Å². The van der Waals surface area contributed by atoms with Crippen LogP contribution in [0.2, 0.25) is 15.1 Å². The molecule has 2 rings (SSSR count).